The number of nitro benzene ring substituents is 1. The number of nitrogens with zero attached hydrogens (tertiary/aromatic N) is 4. The van der Waals surface area contributed by atoms with Crippen LogP contribution in [0.4, 0.5) is 11.4 Å². The molecule has 1 saturated carbocycles. The standard InChI is InChI=1S/C25H23N5O5S/c1-15-24(36-14-26-15)25(31)28-23(17-7-11-20(12-8-17)30(34)35)21-4-2-3-18(22(21)27-28)13-16-5-9-19(10-6-16)29(32)33/h5-14,21,23,30,34H,2-4H2,1H3. The van der Waals surface area contributed by atoms with Crippen LogP contribution in [0.2, 0.25) is 0 Å². The second kappa shape index (κ2) is 9.70. The van der Waals surface area contributed by atoms with E-state index < -0.39 is 10.1 Å². The van der Waals surface area contributed by atoms with E-state index in [0.29, 0.717) is 10.6 Å². The summed E-state index contributed by atoms with van der Waals surface area (Å²) in [6, 6.07) is 12.6. The predicted molar refractivity (Wildman–Crippen MR) is 134 cm³/mol. The van der Waals surface area contributed by atoms with Crippen molar-refractivity contribution in [2.24, 2.45) is 11.0 Å². The van der Waals surface area contributed by atoms with Crippen LogP contribution in [0, 0.1) is 28.2 Å². The zero-order valence-corrected chi connectivity index (χ0v) is 20.1. The maximum atomic E-state index is 13.6. The molecule has 1 aliphatic carbocycles. The Morgan fingerprint density at radius 1 is 1.22 bits per heavy atom. The van der Waals surface area contributed by atoms with Gasteiger partial charge in [-0.3, -0.25) is 14.9 Å². The summed E-state index contributed by atoms with van der Waals surface area (Å²) >= 11 is 1.27. The summed E-state index contributed by atoms with van der Waals surface area (Å²) in [4.78, 5) is 28.9. The van der Waals surface area contributed by atoms with Gasteiger partial charge in [0.15, 0.2) is 5.69 Å². The van der Waals surface area contributed by atoms with Crippen LogP contribution in [-0.4, -0.2) is 31.7 Å². The highest BCUT2D eigenvalue weighted by atomic mass is 32.1. The lowest BCUT2D eigenvalue weighted by Gasteiger charge is -2.29. The van der Waals surface area contributed by atoms with Gasteiger partial charge in [0.25, 0.3) is 11.6 Å². The van der Waals surface area contributed by atoms with E-state index in [1.54, 1.807) is 48.8 Å². The molecule has 36 heavy (non-hydrogen) atoms. The normalized spacial score (nSPS) is 21.2. The van der Waals surface area contributed by atoms with E-state index in [-0.39, 0.29) is 29.2 Å². The number of carbonyl (C=O) groups excluding carboxylic acids is 1. The SMILES string of the molecule is Cc1ncsc1C(=O)N1N=C2C(=Cc3ccc([N+](=O)[O-])cc3)CCCC2C1c1ccc([NH+]([O-])O)cc1. The topological polar surface area (TPSA) is 136 Å². The molecule has 0 radical (unpaired) electrons. The first-order valence-electron chi connectivity index (χ1n) is 11.4. The highest BCUT2D eigenvalue weighted by molar-refractivity contribution is 7.11. The molecule has 3 aromatic rings. The Kier molecular flexibility index (Phi) is 6.46. The molecular weight excluding hydrogens is 482 g/mol. The third-order valence-electron chi connectivity index (χ3n) is 6.59. The fourth-order valence-electron chi connectivity index (χ4n) is 4.83. The van der Waals surface area contributed by atoms with E-state index in [0.717, 1.165) is 41.7 Å². The van der Waals surface area contributed by atoms with E-state index in [1.165, 1.54) is 28.5 Å². The minimum Gasteiger partial charge on any atom is -0.595 e. The van der Waals surface area contributed by atoms with Crippen LogP contribution in [-0.2, 0) is 0 Å². The van der Waals surface area contributed by atoms with Gasteiger partial charge in [0.1, 0.15) is 4.88 Å². The first-order chi connectivity index (χ1) is 17.3. The van der Waals surface area contributed by atoms with E-state index >= 15 is 0 Å². The molecule has 2 N–H and O–H groups in total. The maximum absolute atomic E-state index is 13.6. The third-order valence-corrected chi connectivity index (χ3v) is 7.51. The summed E-state index contributed by atoms with van der Waals surface area (Å²) in [6.07, 6.45) is 4.48. The minimum absolute atomic E-state index is 0.0263. The summed E-state index contributed by atoms with van der Waals surface area (Å²) in [5.41, 5.74) is 5.93. The second-order valence-electron chi connectivity index (χ2n) is 8.79. The molecule has 3 atom stereocenters. The average molecular weight is 506 g/mol. The van der Waals surface area contributed by atoms with Gasteiger partial charge in [0, 0.05) is 30.2 Å². The lowest BCUT2D eigenvalue weighted by atomic mass is 9.77. The molecular formula is C25H23N5O5S. The molecule has 5 rings (SSSR count). The molecule has 1 aliphatic heterocycles. The molecule has 0 saturated heterocycles. The lowest BCUT2D eigenvalue weighted by molar-refractivity contribution is -0.991. The summed E-state index contributed by atoms with van der Waals surface area (Å²) in [7, 11) is 0. The number of aromatic nitrogens is 1. The monoisotopic (exact) mass is 505 g/mol. The van der Waals surface area contributed by atoms with Crippen molar-refractivity contribution in [1.82, 2.24) is 9.99 Å². The van der Waals surface area contributed by atoms with E-state index in [2.05, 4.69) is 4.98 Å². The molecule has 1 aromatic heterocycles. The number of hydrogen-bond acceptors (Lipinski definition) is 8. The van der Waals surface area contributed by atoms with Crippen molar-refractivity contribution in [1.29, 1.82) is 0 Å². The van der Waals surface area contributed by atoms with Crippen LogP contribution >= 0.6 is 11.3 Å². The summed E-state index contributed by atoms with van der Waals surface area (Å²) in [6.45, 7) is 1.79. The van der Waals surface area contributed by atoms with E-state index in [4.69, 9.17) is 5.10 Å². The van der Waals surface area contributed by atoms with Crippen LogP contribution < -0.4 is 5.23 Å². The van der Waals surface area contributed by atoms with Gasteiger partial charge in [-0.1, -0.05) is 12.1 Å². The molecule has 1 amide bonds. The van der Waals surface area contributed by atoms with Crippen LogP contribution in [0.1, 0.15) is 51.8 Å². The molecule has 11 heteroatoms. The Labute approximate surface area is 210 Å². The number of carbonyl (C=O) groups is 1. The smallest absolute Gasteiger partial charge is 0.286 e. The second-order valence-corrected chi connectivity index (χ2v) is 9.65. The van der Waals surface area contributed by atoms with Crippen molar-refractivity contribution in [2.75, 3.05) is 0 Å². The Bertz CT molecular complexity index is 1360. The first-order valence-corrected chi connectivity index (χ1v) is 12.3. The van der Waals surface area contributed by atoms with Gasteiger partial charge in [-0.25, -0.2) is 15.2 Å². The minimum atomic E-state index is -1.01. The van der Waals surface area contributed by atoms with Crippen molar-refractivity contribution < 1.29 is 20.2 Å². The highest BCUT2D eigenvalue weighted by Crippen LogP contribution is 2.45. The zero-order valence-electron chi connectivity index (χ0n) is 19.3. The van der Waals surface area contributed by atoms with Gasteiger partial charge >= 0.3 is 0 Å². The predicted octanol–water partition coefficient (Wildman–Crippen LogP) is 4.20. The summed E-state index contributed by atoms with van der Waals surface area (Å²) < 4.78 is 0. The number of quaternary nitrogens is 1. The number of fused-ring (bicyclic) bond motifs is 1. The van der Waals surface area contributed by atoms with Gasteiger partial charge in [0.2, 0.25) is 0 Å². The zero-order chi connectivity index (χ0) is 25.4. The third kappa shape index (κ3) is 4.44. The summed E-state index contributed by atoms with van der Waals surface area (Å²) in [5, 5.41) is 37.0. The number of hydrogen-bond donors (Lipinski definition) is 2. The number of thiazole rings is 1. The molecule has 2 aliphatic rings. The van der Waals surface area contributed by atoms with E-state index in [9.17, 15) is 25.3 Å². The molecule has 2 heterocycles. The van der Waals surface area contributed by atoms with Crippen LogP contribution in [0.5, 0.6) is 0 Å². The number of benzene rings is 2. The number of nitro groups is 1. The van der Waals surface area contributed by atoms with Crippen LogP contribution in [0.3, 0.4) is 0 Å². The van der Waals surface area contributed by atoms with Gasteiger partial charge in [-0.05, 0) is 61.1 Å². The van der Waals surface area contributed by atoms with Crippen LogP contribution in [0.25, 0.3) is 6.08 Å². The number of hydrazone groups is 1. The quantitative estimate of drug-likeness (QED) is 0.394. The average Bonchev–Trinajstić information content (AvgIpc) is 3.48. The Morgan fingerprint density at radius 2 is 1.94 bits per heavy atom. The lowest BCUT2D eigenvalue weighted by Crippen LogP contribution is -2.99. The van der Waals surface area contributed by atoms with Crippen molar-refractivity contribution in [3.63, 3.8) is 0 Å². The molecule has 10 nitrogen and oxygen atoms in total. The molecule has 3 unspecified atom stereocenters. The molecule has 184 valence electrons. The molecule has 0 spiro atoms. The van der Waals surface area contributed by atoms with Gasteiger partial charge in [-0.2, -0.15) is 10.3 Å². The van der Waals surface area contributed by atoms with Gasteiger partial charge in [0.05, 0.1) is 27.9 Å². The number of non-ortho nitro benzene ring substituents is 1. The first kappa shape index (κ1) is 23.9. The van der Waals surface area contributed by atoms with Crippen molar-refractivity contribution >= 4 is 40.4 Å². The van der Waals surface area contributed by atoms with Gasteiger partial charge < -0.3 is 5.21 Å². The Hall–Kier alpha value is -3.77. The maximum Gasteiger partial charge on any atom is 0.286 e. The van der Waals surface area contributed by atoms with Crippen LogP contribution in [0.15, 0.2) is 64.7 Å². The number of aryl methyl sites for hydroxylation is 1. The van der Waals surface area contributed by atoms with Crippen molar-refractivity contribution in [3.05, 3.63) is 96.6 Å². The Balaban J connectivity index is 1.55. The molecule has 2 aromatic carbocycles. The fourth-order valence-corrected chi connectivity index (χ4v) is 5.56. The van der Waals surface area contributed by atoms with Crippen molar-refractivity contribution in [3.8, 4) is 0 Å². The number of nitrogens with one attached hydrogen (secondary N) is 1. The van der Waals surface area contributed by atoms with Crippen molar-refractivity contribution in [2.45, 2.75) is 32.2 Å². The number of allylic oxidation sites excluding steroid dienone is 1. The van der Waals surface area contributed by atoms with Gasteiger partial charge in [-0.15, -0.1) is 11.3 Å². The molecule has 1 fully saturated rings. The number of amides is 1. The highest BCUT2D eigenvalue weighted by Gasteiger charge is 2.44. The number of rotatable bonds is 5. The molecule has 0 bridgehead atoms. The fraction of sp³-hybridized carbons (Fsp3) is 0.240. The Morgan fingerprint density at radius 3 is 2.56 bits per heavy atom. The summed E-state index contributed by atoms with van der Waals surface area (Å²) in [5.74, 6) is -0.296. The largest absolute Gasteiger partial charge is 0.595 e. The van der Waals surface area contributed by atoms with E-state index in [1.807, 2.05) is 6.08 Å².